The number of rotatable bonds is 9. The SMILES string of the molecule is CCOc1cc(C=Nn2c([C@H](C)CC)nc3ccc(Br)cc3c2=O)cc(I)c1OCc1ccc(Cl)cc1. The third-order valence-electron chi connectivity index (χ3n) is 5.84. The second-order valence-corrected chi connectivity index (χ2v) is 11.0. The molecule has 0 amide bonds. The topological polar surface area (TPSA) is 65.7 Å². The van der Waals surface area contributed by atoms with Gasteiger partial charge >= 0.3 is 0 Å². The van der Waals surface area contributed by atoms with Crippen LogP contribution in [0.4, 0.5) is 0 Å². The molecule has 6 nitrogen and oxygen atoms in total. The molecule has 3 aromatic carbocycles. The summed E-state index contributed by atoms with van der Waals surface area (Å²) < 4.78 is 15.1. The molecule has 1 aromatic heterocycles. The van der Waals surface area contributed by atoms with Gasteiger partial charge in [0.15, 0.2) is 11.5 Å². The van der Waals surface area contributed by atoms with Gasteiger partial charge in [0.25, 0.3) is 5.56 Å². The molecule has 0 aliphatic rings. The molecule has 0 N–H and O–H groups in total. The van der Waals surface area contributed by atoms with Crippen LogP contribution in [0, 0.1) is 3.57 Å². The third kappa shape index (κ3) is 6.53. The van der Waals surface area contributed by atoms with E-state index in [0.717, 1.165) is 25.6 Å². The van der Waals surface area contributed by atoms with Crippen LogP contribution in [0.5, 0.6) is 11.5 Å². The predicted octanol–water partition coefficient (Wildman–Crippen LogP) is 7.79. The van der Waals surface area contributed by atoms with Crippen LogP contribution in [0.3, 0.4) is 0 Å². The first kappa shape index (κ1) is 27.6. The van der Waals surface area contributed by atoms with E-state index in [2.05, 4.69) is 50.5 Å². The van der Waals surface area contributed by atoms with Crippen molar-refractivity contribution in [3.63, 3.8) is 0 Å². The smallest absolute Gasteiger partial charge is 0.282 e. The van der Waals surface area contributed by atoms with Crippen LogP contribution in [0.2, 0.25) is 5.02 Å². The average Bonchev–Trinajstić information content (AvgIpc) is 2.88. The van der Waals surface area contributed by atoms with Gasteiger partial charge in [0.1, 0.15) is 12.4 Å². The number of halogens is 3. The maximum atomic E-state index is 13.4. The molecule has 0 fully saturated rings. The van der Waals surface area contributed by atoms with E-state index in [-0.39, 0.29) is 11.5 Å². The number of nitrogens with zero attached hydrogens (tertiary/aromatic N) is 3. The van der Waals surface area contributed by atoms with Crippen LogP contribution >= 0.6 is 50.1 Å². The van der Waals surface area contributed by atoms with Crippen molar-refractivity contribution in [2.75, 3.05) is 6.61 Å². The van der Waals surface area contributed by atoms with E-state index in [0.29, 0.717) is 46.5 Å². The Kier molecular flexibility index (Phi) is 9.26. The summed E-state index contributed by atoms with van der Waals surface area (Å²) in [7, 11) is 0. The maximum absolute atomic E-state index is 13.4. The van der Waals surface area contributed by atoms with E-state index in [4.69, 9.17) is 26.1 Å². The lowest BCUT2D eigenvalue weighted by Crippen LogP contribution is -2.23. The van der Waals surface area contributed by atoms with Gasteiger partial charge in [0.2, 0.25) is 0 Å². The molecule has 9 heteroatoms. The lowest BCUT2D eigenvalue weighted by atomic mass is 10.1. The minimum Gasteiger partial charge on any atom is -0.490 e. The lowest BCUT2D eigenvalue weighted by molar-refractivity contribution is 0.267. The minimum absolute atomic E-state index is 0.0562. The highest BCUT2D eigenvalue weighted by atomic mass is 127. The molecule has 0 aliphatic carbocycles. The van der Waals surface area contributed by atoms with Crippen molar-refractivity contribution in [1.29, 1.82) is 0 Å². The molecule has 4 aromatic rings. The Labute approximate surface area is 242 Å². The van der Waals surface area contributed by atoms with Gasteiger partial charge in [-0.3, -0.25) is 4.79 Å². The second kappa shape index (κ2) is 12.4. The molecule has 0 aliphatic heterocycles. The van der Waals surface area contributed by atoms with Crippen molar-refractivity contribution in [3.8, 4) is 11.5 Å². The molecule has 0 radical (unpaired) electrons. The van der Waals surface area contributed by atoms with Crippen LogP contribution in [0.15, 0.2) is 69.0 Å². The van der Waals surface area contributed by atoms with Crippen molar-refractivity contribution in [2.45, 2.75) is 39.7 Å². The summed E-state index contributed by atoms with van der Waals surface area (Å²) >= 11 is 11.7. The standard InChI is InChI=1S/C28H26BrClIN3O3/c1-4-17(3)27-33-24-11-8-20(29)14-22(24)28(35)34(27)32-15-19-12-23(31)26(25(13-19)36-5-2)37-16-18-6-9-21(30)10-7-18/h6-15,17H,4-5,16H2,1-3H3/t17-/m1/s1. The van der Waals surface area contributed by atoms with Gasteiger partial charge in [-0.15, -0.1) is 0 Å². The van der Waals surface area contributed by atoms with Gasteiger partial charge in [-0.05, 0) is 89.5 Å². The summed E-state index contributed by atoms with van der Waals surface area (Å²) in [6, 6.07) is 16.9. The molecule has 0 saturated heterocycles. The van der Waals surface area contributed by atoms with Crippen molar-refractivity contribution < 1.29 is 9.47 Å². The Morgan fingerprint density at radius 3 is 2.59 bits per heavy atom. The van der Waals surface area contributed by atoms with Crippen LogP contribution in [-0.4, -0.2) is 22.5 Å². The van der Waals surface area contributed by atoms with Gasteiger partial charge in [-0.25, -0.2) is 4.98 Å². The monoisotopic (exact) mass is 693 g/mol. The summed E-state index contributed by atoms with van der Waals surface area (Å²) in [5.41, 5.74) is 2.23. The van der Waals surface area contributed by atoms with Crippen molar-refractivity contribution in [2.24, 2.45) is 5.10 Å². The highest BCUT2D eigenvalue weighted by molar-refractivity contribution is 14.1. The summed E-state index contributed by atoms with van der Waals surface area (Å²) in [5.74, 6) is 1.95. The quantitative estimate of drug-likeness (QED) is 0.133. The largest absolute Gasteiger partial charge is 0.490 e. The molecule has 192 valence electrons. The molecule has 1 heterocycles. The van der Waals surface area contributed by atoms with Gasteiger partial charge < -0.3 is 9.47 Å². The normalized spacial score (nSPS) is 12.3. The van der Waals surface area contributed by atoms with Crippen LogP contribution in [0.1, 0.15) is 50.1 Å². The molecular weight excluding hydrogens is 669 g/mol. The molecule has 37 heavy (non-hydrogen) atoms. The number of benzene rings is 3. The summed E-state index contributed by atoms with van der Waals surface area (Å²) in [6.45, 7) is 6.90. The van der Waals surface area contributed by atoms with Gasteiger partial charge in [0, 0.05) is 15.4 Å². The predicted molar refractivity (Wildman–Crippen MR) is 162 cm³/mol. The van der Waals surface area contributed by atoms with Crippen LogP contribution < -0.4 is 15.0 Å². The fraction of sp³-hybridized carbons (Fsp3) is 0.250. The Bertz CT molecular complexity index is 1510. The third-order valence-corrected chi connectivity index (χ3v) is 7.38. The second-order valence-electron chi connectivity index (χ2n) is 8.48. The molecular formula is C28H26BrClIN3O3. The van der Waals surface area contributed by atoms with Crippen molar-refractivity contribution >= 4 is 67.2 Å². The first-order chi connectivity index (χ1) is 17.8. The lowest BCUT2D eigenvalue weighted by Gasteiger charge is -2.15. The van der Waals surface area contributed by atoms with Crippen molar-refractivity contribution in [1.82, 2.24) is 9.66 Å². The summed E-state index contributed by atoms with van der Waals surface area (Å²) in [4.78, 5) is 18.2. The summed E-state index contributed by atoms with van der Waals surface area (Å²) in [6.07, 6.45) is 2.49. The Morgan fingerprint density at radius 2 is 1.89 bits per heavy atom. The van der Waals surface area contributed by atoms with E-state index in [1.807, 2.05) is 62.4 Å². The summed E-state index contributed by atoms with van der Waals surface area (Å²) in [5, 5.41) is 5.78. The van der Waals surface area contributed by atoms with E-state index < -0.39 is 0 Å². The highest BCUT2D eigenvalue weighted by Gasteiger charge is 2.16. The number of ether oxygens (including phenoxy) is 2. The molecule has 0 unspecified atom stereocenters. The fourth-order valence-corrected chi connectivity index (χ4v) is 4.97. The first-order valence-electron chi connectivity index (χ1n) is 11.9. The average molecular weight is 695 g/mol. The number of fused-ring (bicyclic) bond motifs is 1. The zero-order valence-electron chi connectivity index (χ0n) is 20.7. The van der Waals surface area contributed by atoms with E-state index >= 15 is 0 Å². The molecule has 4 rings (SSSR count). The Morgan fingerprint density at radius 1 is 1.14 bits per heavy atom. The van der Waals surface area contributed by atoms with Crippen LogP contribution in [0.25, 0.3) is 10.9 Å². The van der Waals surface area contributed by atoms with E-state index in [1.54, 1.807) is 12.3 Å². The van der Waals surface area contributed by atoms with Crippen molar-refractivity contribution in [3.05, 3.63) is 95.0 Å². The molecule has 0 bridgehead atoms. The van der Waals surface area contributed by atoms with E-state index in [9.17, 15) is 4.79 Å². The number of hydrogen-bond donors (Lipinski definition) is 0. The zero-order valence-corrected chi connectivity index (χ0v) is 25.2. The Balaban J connectivity index is 1.71. The number of aromatic nitrogens is 2. The zero-order chi connectivity index (χ0) is 26.5. The maximum Gasteiger partial charge on any atom is 0.282 e. The first-order valence-corrected chi connectivity index (χ1v) is 14.2. The van der Waals surface area contributed by atoms with Gasteiger partial charge in [-0.1, -0.05) is 53.5 Å². The van der Waals surface area contributed by atoms with Gasteiger partial charge in [-0.2, -0.15) is 9.78 Å². The Hall–Kier alpha value is -2.43. The van der Waals surface area contributed by atoms with Gasteiger partial charge in [0.05, 0.1) is 27.3 Å². The van der Waals surface area contributed by atoms with E-state index in [1.165, 1.54) is 4.68 Å². The number of hydrogen-bond acceptors (Lipinski definition) is 5. The fourth-order valence-electron chi connectivity index (χ4n) is 3.71. The van der Waals surface area contributed by atoms with Crippen LogP contribution in [-0.2, 0) is 6.61 Å². The molecule has 0 spiro atoms. The molecule has 1 atom stereocenters. The molecule has 0 saturated carbocycles. The minimum atomic E-state index is -0.208. The highest BCUT2D eigenvalue weighted by Crippen LogP contribution is 2.34.